The number of hydrogen-bond acceptors (Lipinski definition) is 5. The summed E-state index contributed by atoms with van der Waals surface area (Å²) in [7, 11) is 0. The van der Waals surface area contributed by atoms with E-state index >= 15 is 0 Å². The van der Waals surface area contributed by atoms with Crippen LogP contribution in [0.5, 0.6) is 0 Å². The van der Waals surface area contributed by atoms with Gasteiger partial charge in [-0.05, 0) is 53.9 Å². The number of ether oxygens (including phenoxy) is 1. The summed E-state index contributed by atoms with van der Waals surface area (Å²) in [5.74, 6) is -0.0227. The predicted molar refractivity (Wildman–Crippen MR) is 144 cm³/mol. The highest BCUT2D eigenvalue weighted by molar-refractivity contribution is 7.22. The van der Waals surface area contributed by atoms with Gasteiger partial charge in [-0.15, -0.1) is 12.4 Å². The minimum atomic E-state index is -0.0227. The number of aromatic nitrogens is 1. The van der Waals surface area contributed by atoms with E-state index in [2.05, 4.69) is 11.0 Å². The van der Waals surface area contributed by atoms with E-state index in [0.717, 1.165) is 71.0 Å². The van der Waals surface area contributed by atoms with Gasteiger partial charge in [0.05, 0.1) is 23.4 Å². The molecule has 1 aliphatic rings. The number of nitrogens with zero attached hydrogens (tertiary/aromatic N) is 3. The number of fused-ring (bicyclic) bond motifs is 2. The molecule has 34 heavy (non-hydrogen) atoms. The zero-order chi connectivity index (χ0) is 22.8. The Kier molecular flexibility index (Phi) is 8.06. The first-order valence-corrected chi connectivity index (χ1v) is 12.5. The van der Waals surface area contributed by atoms with Crippen LogP contribution >= 0.6 is 35.3 Å². The van der Waals surface area contributed by atoms with E-state index < -0.39 is 0 Å². The second-order valence-corrected chi connectivity index (χ2v) is 9.76. The van der Waals surface area contributed by atoms with Crippen molar-refractivity contribution in [1.29, 1.82) is 0 Å². The lowest BCUT2D eigenvalue weighted by Gasteiger charge is -2.27. The molecule has 1 fully saturated rings. The molecule has 8 heteroatoms. The average Bonchev–Trinajstić information content (AvgIpc) is 3.29. The van der Waals surface area contributed by atoms with Gasteiger partial charge in [0.15, 0.2) is 5.13 Å². The molecule has 0 bridgehead atoms. The van der Waals surface area contributed by atoms with Crippen molar-refractivity contribution >= 4 is 67.4 Å². The Bertz CT molecular complexity index is 1300. The van der Waals surface area contributed by atoms with E-state index in [9.17, 15) is 4.79 Å². The number of amides is 1. The molecule has 1 saturated heterocycles. The number of rotatable bonds is 6. The molecule has 3 aromatic carbocycles. The van der Waals surface area contributed by atoms with Crippen molar-refractivity contribution in [1.82, 2.24) is 9.88 Å². The summed E-state index contributed by atoms with van der Waals surface area (Å²) in [5, 5.41) is 3.59. The molecular formula is C26H27Cl2N3O2S. The van der Waals surface area contributed by atoms with Crippen molar-refractivity contribution in [2.45, 2.75) is 13.3 Å². The Labute approximate surface area is 214 Å². The van der Waals surface area contributed by atoms with E-state index in [1.54, 1.807) is 11.3 Å². The first kappa shape index (κ1) is 24.9. The Balaban J connectivity index is 0.00000274. The first-order valence-electron chi connectivity index (χ1n) is 11.3. The zero-order valence-electron chi connectivity index (χ0n) is 19.0. The molecule has 1 aliphatic heterocycles. The third kappa shape index (κ3) is 5.21. The molecular weight excluding hydrogens is 489 g/mol. The lowest BCUT2D eigenvalue weighted by Crippen LogP contribution is -2.39. The molecule has 4 aromatic rings. The number of carbonyl (C=O) groups excluding carboxylic acids is 1. The molecule has 0 radical (unpaired) electrons. The number of anilines is 1. The van der Waals surface area contributed by atoms with E-state index in [1.807, 2.05) is 60.4 Å². The first-order chi connectivity index (χ1) is 16.1. The Morgan fingerprint density at radius 1 is 1.12 bits per heavy atom. The van der Waals surface area contributed by atoms with Gasteiger partial charge in [0.2, 0.25) is 0 Å². The molecule has 0 saturated carbocycles. The monoisotopic (exact) mass is 515 g/mol. The van der Waals surface area contributed by atoms with Gasteiger partial charge >= 0.3 is 0 Å². The van der Waals surface area contributed by atoms with E-state index in [4.69, 9.17) is 21.3 Å². The maximum Gasteiger partial charge on any atom is 0.260 e. The number of benzene rings is 3. The summed E-state index contributed by atoms with van der Waals surface area (Å²) in [5.41, 5.74) is 2.49. The number of hydrogen-bond donors (Lipinski definition) is 0. The fraction of sp³-hybridized carbons (Fsp3) is 0.308. The van der Waals surface area contributed by atoms with Crippen LogP contribution in [0.1, 0.15) is 22.3 Å². The number of halogens is 2. The summed E-state index contributed by atoms with van der Waals surface area (Å²) in [6, 6.07) is 17.9. The standard InChI is InChI=1S/C26H26ClN3O2S.ClH/c1-18-22(27)9-10-23-24(18)28-26(33-23)30(12-4-11-29-13-15-32-16-14-29)25(31)21-8-7-19-5-2-3-6-20(19)17-21;/h2-3,5-10,17H,4,11-16H2,1H3;1H. The molecule has 178 valence electrons. The third-order valence-corrected chi connectivity index (χ3v) is 7.62. The molecule has 0 N–H and O–H groups in total. The van der Waals surface area contributed by atoms with Crippen LogP contribution in [-0.4, -0.2) is 55.2 Å². The lowest BCUT2D eigenvalue weighted by molar-refractivity contribution is 0.0376. The Morgan fingerprint density at radius 2 is 1.88 bits per heavy atom. The zero-order valence-corrected chi connectivity index (χ0v) is 21.4. The molecule has 0 unspecified atom stereocenters. The van der Waals surface area contributed by atoms with Crippen molar-refractivity contribution in [3.05, 3.63) is 70.7 Å². The van der Waals surface area contributed by atoms with E-state index in [0.29, 0.717) is 17.1 Å². The number of carbonyl (C=O) groups is 1. The van der Waals surface area contributed by atoms with Crippen LogP contribution in [0, 0.1) is 6.92 Å². The van der Waals surface area contributed by atoms with Gasteiger partial charge in [0.25, 0.3) is 5.91 Å². The van der Waals surface area contributed by atoms with Crippen molar-refractivity contribution < 1.29 is 9.53 Å². The largest absolute Gasteiger partial charge is 0.379 e. The van der Waals surface area contributed by atoms with E-state index in [-0.39, 0.29) is 18.3 Å². The molecule has 0 spiro atoms. The van der Waals surface area contributed by atoms with Gasteiger partial charge in [0.1, 0.15) is 0 Å². The number of aryl methyl sites for hydroxylation is 1. The maximum atomic E-state index is 13.7. The molecule has 0 atom stereocenters. The molecule has 5 nitrogen and oxygen atoms in total. The van der Waals surface area contributed by atoms with Crippen LogP contribution in [0.2, 0.25) is 5.02 Å². The van der Waals surface area contributed by atoms with Crippen LogP contribution in [0.3, 0.4) is 0 Å². The van der Waals surface area contributed by atoms with Crippen LogP contribution in [0.4, 0.5) is 5.13 Å². The molecule has 2 heterocycles. The molecule has 5 rings (SSSR count). The third-order valence-electron chi connectivity index (χ3n) is 6.17. The SMILES string of the molecule is Cc1c(Cl)ccc2sc(N(CCCN3CCOCC3)C(=O)c3ccc4ccccc4c3)nc12.Cl. The maximum absolute atomic E-state index is 13.7. The highest BCUT2D eigenvalue weighted by Gasteiger charge is 2.23. The predicted octanol–water partition coefficient (Wildman–Crippen LogP) is 6.20. The molecule has 1 amide bonds. The van der Waals surface area contributed by atoms with Crippen molar-refractivity contribution in [3.8, 4) is 0 Å². The summed E-state index contributed by atoms with van der Waals surface area (Å²) in [4.78, 5) is 22.8. The topological polar surface area (TPSA) is 45.7 Å². The molecule has 0 aliphatic carbocycles. The van der Waals surface area contributed by atoms with Gasteiger partial charge in [-0.3, -0.25) is 14.6 Å². The highest BCUT2D eigenvalue weighted by Crippen LogP contribution is 2.34. The average molecular weight is 516 g/mol. The van der Waals surface area contributed by atoms with Crippen molar-refractivity contribution in [2.75, 3.05) is 44.3 Å². The summed E-state index contributed by atoms with van der Waals surface area (Å²) < 4.78 is 6.50. The summed E-state index contributed by atoms with van der Waals surface area (Å²) in [6.07, 6.45) is 0.870. The van der Waals surface area contributed by atoms with Crippen LogP contribution < -0.4 is 4.90 Å². The van der Waals surface area contributed by atoms with Gasteiger partial charge in [-0.25, -0.2) is 4.98 Å². The van der Waals surface area contributed by atoms with Gasteiger partial charge in [-0.2, -0.15) is 0 Å². The van der Waals surface area contributed by atoms with Crippen LogP contribution in [0.15, 0.2) is 54.6 Å². The lowest BCUT2D eigenvalue weighted by atomic mass is 10.1. The van der Waals surface area contributed by atoms with Crippen LogP contribution in [0.25, 0.3) is 21.0 Å². The Morgan fingerprint density at radius 3 is 2.68 bits per heavy atom. The fourth-order valence-electron chi connectivity index (χ4n) is 4.24. The van der Waals surface area contributed by atoms with Crippen molar-refractivity contribution in [3.63, 3.8) is 0 Å². The Hall–Kier alpha value is -2.22. The van der Waals surface area contributed by atoms with Gasteiger partial charge < -0.3 is 4.74 Å². The number of thiazole rings is 1. The van der Waals surface area contributed by atoms with Gasteiger partial charge in [-0.1, -0.05) is 53.3 Å². The van der Waals surface area contributed by atoms with E-state index in [1.165, 1.54) is 0 Å². The fourth-order valence-corrected chi connectivity index (χ4v) is 5.45. The highest BCUT2D eigenvalue weighted by atomic mass is 35.5. The minimum absolute atomic E-state index is 0. The second-order valence-electron chi connectivity index (χ2n) is 8.34. The smallest absolute Gasteiger partial charge is 0.260 e. The minimum Gasteiger partial charge on any atom is -0.379 e. The normalized spacial score (nSPS) is 14.3. The molecule has 1 aromatic heterocycles. The van der Waals surface area contributed by atoms with Gasteiger partial charge in [0, 0.05) is 36.8 Å². The van der Waals surface area contributed by atoms with Crippen molar-refractivity contribution in [2.24, 2.45) is 0 Å². The van der Waals surface area contributed by atoms with Crippen LogP contribution in [-0.2, 0) is 4.74 Å². The summed E-state index contributed by atoms with van der Waals surface area (Å²) >= 11 is 7.87. The second kappa shape index (κ2) is 11.0. The quantitative estimate of drug-likeness (QED) is 0.306. The number of morpholine rings is 1. The summed E-state index contributed by atoms with van der Waals surface area (Å²) in [6.45, 7) is 6.95.